The molecule has 1 fully saturated rings. The molecule has 0 radical (unpaired) electrons. The number of carbonyl (C=O) groups excluding carboxylic acids is 1. The number of hydrogen-bond donors (Lipinski definition) is 0. The number of hydrogen-bond acceptors (Lipinski definition) is 4. The Morgan fingerprint density at radius 3 is 2.50 bits per heavy atom. The van der Waals surface area contributed by atoms with E-state index in [-0.39, 0.29) is 17.9 Å². The van der Waals surface area contributed by atoms with Crippen LogP contribution in [0.4, 0.5) is 0 Å². The highest BCUT2D eigenvalue weighted by molar-refractivity contribution is 5.72. The lowest BCUT2D eigenvalue weighted by molar-refractivity contribution is -0.147. The quantitative estimate of drug-likeness (QED) is 0.670. The van der Waals surface area contributed by atoms with Crippen molar-refractivity contribution in [1.82, 2.24) is 9.80 Å². The average Bonchev–Trinajstić information content (AvgIpc) is 2.29. The lowest BCUT2D eigenvalue weighted by Gasteiger charge is -2.41. The molecule has 94 valence electrons. The second kappa shape index (κ2) is 5.64. The van der Waals surface area contributed by atoms with Gasteiger partial charge in [-0.2, -0.15) is 0 Å². The highest BCUT2D eigenvalue weighted by Crippen LogP contribution is 2.16. The fourth-order valence-corrected chi connectivity index (χ4v) is 2.15. The monoisotopic (exact) mass is 228 g/mol. The summed E-state index contributed by atoms with van der Waals surface area (Å²) in [5.41, 5.74) is 0. The van der Waals surface area contributed by atoms with E-state index >= 15 is 0 Å². The molecule has 1 aliphatic rings. The van der Waals surface area contributed by atoms with Crippen molar-refractivity contribution in [3.63, 3.8) is 0 Å². The largest absolute Gasteiger partial charge is 0.469 e. The molecule has 3 atom stereocenters. The molecule has 0 saturated carbocycles. The van der Waals surface area contributed by atoms with Crippen molar-refractivity contribution in [3.05, 3.63) is 0 Å². The van der Waals surface area contributed by atoms with Crippen LogP contribution in [0.5, 0.6) is 0 Å². The number of rotatable bonds is 3. The predicted molar refractivity (Wildman–Crippen MR) is 64.3 cm³/mol. The lowest BCUT2D eigenvalue weighted by atomic mass is 10.0. The molecule has 0 amide bonds. The molecule has 0 aromatic rings. The Morgan fingerprint density at radius 2 is 2.00 bits per heavy atom. The van der Waals surface area contributed by atoms with Crippen molar-refractivity contribution in [2.24, 2.45) is 5.92 Å². The summed E-state index contributed by atoms with van der Waals surface area (Å²) in [5, 5.41) is 0. The zero-order valence-corrected chi connectivity index (χ0v) is 11.1. The minimum absolute atomic E-state index is 0.0550. The van der Waals surface area contributed by atoms with Crippen molar-refractivity contribution < 1.29 is 9.53 Å². The van der Waals surface area contributed by atoms with E-state index in [1.165, 1.54) is 7.11 Å². The molecule has 0 bridgehead atoms. The second-order valence-corrected chi connectivity index (χ2v) is 4.88. The first-order valence-corrected chi connectivity index (χ1v) is 5.99. The van der Waals surface area contributed by atoms with Crippen LogP contribution in [0, 0.1) is 5.92 Å². The molecule has 3 unspecified atom stereocenters. The van der Waals surface area contributed by atoms with Crippen molar-refractivity contribution >= 4 is 5.97 Å². The van der Waals surface area contributed by atoms with Gasteiger partial charge < -0.3 is 9.64 Å². The van der Waals surface area contributed by atoms with Gasteiger partial charge in [0, 0.05) is 31.7 Å². The van der Waals surface area contributed by atoms with Crippen LogP contribution in [0.15, 0.2) is 0 Å². The summed E-state index contributed by atoms with van der Waals surface area (Å²) < 4.78 is 4.80. The molecule has 0 aromatic heterocycles. The summed E-state index contributed by atoms with van der Waals surface area (Å²) in [4.78, 5) is 16.2. The maximum atomic E-state index is 11.5. The molecule has 1 saturated heterocycles. The minimum Gasteiger partial charge on any atom is -0.469 e. The summed E-state index contributed by atoms with van der Waals surface area (Å²) in [6.45, 7) is 9.41. The van der Waals surface area contributed by atoms with Gasteiger partial charge in [-0.1, -0.05) is 6.92 Å². The van der Waals surface area contributed by atoms with Gasteiger partial charge in [-0.05, 0) is 20.9 Å². The Hall–Kier alpha value is -0.610. The maximum Gasteiger partial charge on any atom is 0.309 e. The molecule has 1 aliphatic heterocycles. The summed E-state index contributed by atoms with van der Waals surface area (Å²) in [6, 6.07) is 0.810. The smallest absolute Gasteiger partial charge is 0.309 e. The first-order chi connectivity index (χ1) is 7.47. The van der Waals surface area contributed by atoms with E-state index in [0.29, 0.717) is 6.04 Å². The standard InChI is InChI=1S/C12H24N2O2/c1-9-8-14(7-6-13(9)4)11(3)10(2)12(15)16-5/h9-11H,6-8H2,1-5H3. The van der Waals surface area contributed by atoms with Gasteiger partial charge >= 0.3 is 5.97 Å². The van der Waals surface area contributed by atoms with E-state index in [4.69, 9.17) is 4.74 Å². The van der Waals surface area contributed by atoms with E-state index in [0.717, 1.165) is 19.6 Å². The lowest BCUT2D eigenvalue weighted by Crippen LogP contribution is -2.54. The van der Waals surface area contributed by atoms with E-state index in [9.17, 15) is 4.79 Å². The highest BCUT2D eigenvalue weighted by Gasteiger charge is 2.30. The van der Waals surface area contributed by atoms with Crippen LogP contribution in [0.1, 0.15) is 20.8 Å². The second-order valence-electron chi connectivity index (χ2n) is 4.88. The first-order valence-electron chi connectivity index (χ1n) is 5.99. The van der Waals surface area contributed by atoms with Crippen LogP contribution < -0.4 is 0 Å². The maximum absolute atomic E-state index is 11.5. The van der Waals surface area contributed by atoms with Gasteiger partial charge in [0.2, 0.25) is 0 Å². The van der Waals surface area contributed by atoms with Crippen LogP contribution in [-0.2, 0) is 9.53 Å². The van der Waals surface area contributed by atoms with Gasteiger partial charge in [0.15, 0.2) is 0 Å². The zero-order valence-electron chi connectivity index (χ0n) is 11.1. The van der Waals surface area contributed by atoms with Gasteiger partial charge in [-0.3, -0.25) is 9.69 Å². The molecule has 0 N–H and O–H groups in total. The van der Waals surface area contributed by atoms with E-state index in [2.05, 4.69) is 30.7 Å². The molecule has 0 spiro atoms. The number of ether oxygens (including phenoxy) is 1. The molecule has 4 heteroatoms. The number of esters is 1. The number of carbonyl (C=O) groups is 1. The Bertz CT molecular complexity index is 245. The van der Waals surface area contributed by atoms with Gasteiger partial charge in [0.25, 0.3) is 0 Å². The van der Waals surface area contributed by atoms with Crippen LogP contribution in [0.2, 0.25) is 0 Å². The molecule has 1 heterocycles. The zero-order chi connectivity index (χ0) is 12.3. The third-order valence-corrected chi connectivity index (χ3v) is 3.86. The normalized spacial score (nSPS) is 27.4. The fraction of sp³-hybridized carbons (Fsp3) is 0.917. The number of likely N-dealkylation sites (N-methyl/N-ethyl adjacent to an activating group) is 1. The highest BCUT2D eigenvalue weighted by atomic mass is 16.5. The molecule has 16 heavy (non-hydrogen) atoms. The Balaban J connectivity index is 2.54. The van der Waals surface area contributed by atoms with Crippen LogP contribution in [0.25, 0.3) is 0 Å². The molecular weight excluding hydrogens is 204 g/mol. The summed E-state index contributed by atoms with van der Waals surface area (Å²) >= 11 is 0. The van der Waals surface area contributed by atoms with Crippen LogP contribution in [-0.4, -0.2) is 61.6 Å². The van der Waals surface area contributed by atoms with E-state index < -0.39 is 0 Å². The average molecular weight is 228 g/mol. The Morgan fingerprint density at radius 1 is 1.38 bits per heavy atom. The Labute approximate surface area is 98.5 Å². The predicted octanol–water partition coefficient (Wildman–Crippen LogP) is 0.820. The summed E-state index contributed by atoms with van der Waals surface area (Å²) in [6.07, 6.45) is 0. The van der Waals surface area contributed by atoms with Gasteiger partial charge in [0.1, 0.15) is 0 Å². The summed E-state index contributed by atoms with van der Waals surface area (Å²) in [7, 11) is 3.61. The van der Waals surface area contributed by atoms with E-state index in [1.54, 1.807) is 0 Å². The van der Waals surface area contributed by atoms with Crippen LogP contribution >= 0.6 is 0 Å². The molecular formula is C12H24N2O2. The molecule has 0 aliphatic carbocycles. The number of nitrogens with zero attached hydrogens (tertiary/aromatic N) is 2. The van der Waals surface area contributed by atoms with Crippen molar-refractivity contribution in [2.75, 3.05) is 33.8 Å². The van der Waals surface area contributed by atoms with Crippen molar-refractivity contribution in [1.29, 1.82) is 0 Å². The van der Waals surface area contributed by atoms with Crippen molar-refractivity contribution in [2.45, 2.75) is 32.9 Å². The molecule has 1 rings (SSSR count). The van der Waals surface area contributed by atoms with Gasteiger partial charge in [0.05, 0.1) is 13.0 Å². The fourth-order valence-electron chi connectivity index (χ4n) is 2.15. The third-order valence-electron chi connectivity index (χ3n) is 3.86. The number of piperazine rings is 1. The molecule has 4 nitrogen and oxygen atoms in total. The number of methoxy groups -OCH3 is 1. The first kappa shape index (κ1) is 13.5. The van der Waals surface area contributed by atoms with E-state index in [1.807, 2.05) is 6.92 Å². The third kappa shape index (κ3) is 2.95. The Kier molecular flexibility index (Phi) is 4.74. The van der Waals surface area contributed by atoms with Crippen molar-refractivity contribution in [3.8, 4) is 0 Å². The minimum atomic E-state index is -0.112. The van der Waals surface area contributed by atoms with Gasteiger partial charge in [-0.15, -0.1) is 0 Å². The van der Waals surface area contributed by atoms with Crippen LogP contribution in [0.3, 0.4) is 0 Å². The topological polar surface area (TPSA) is 32.8 Å². The van der Waals surface area contributed by atoms with Gasteiger partial charge in [-0.25, -0.2) is 0 Å². The molecule has 0 aromatic carbocycles. The summed E-state index contributed by atoms with van der Waals surface area (Å²) in [5.74, 6) is -0.167. The SMILES string of the molecule is COC(=O)C(C)C(C)N1CCN(C)C(C)C1.